The highest BCUT2D eigenvalue weighted by Gasteiger charge is 2.07. The third-order valence-corrected chi connectivity index (χ3v) is 3.60. The van der Waals surface area contributed by atoms with Crippen molar-refractivity contribution in [3.63, 3.8) is 0 Å². The first-order valence-electron chi connectivity index (χ1n) is 7.76. The zero-order valence-electron chi connectivity index (χ0n) is 13.4. The van der Waals surface area contributed by atoms with E-state index in [1.54, 1.807) is 7.11 Å². The molecule has 0 fully saturated rings. The van der Waals surface area contributed by atoms with Crippen molar-refractivity contribution >= 4 is 12.0 Å². The summed E-state index contributed by atoms with van der Waals surface area (Å²) in [6.45, 7) is 1.76. The third kappa shape index (κ3) is 6.12. The molecule has 0 saturated carbocycles. The zero-order chi connectivity index (χ0) is 16.3. The normalized spacial score (nSPS) is 11.7. The lowest BCUT2D eigenvalue weighted by molar-refractivity contribution is -0.111. The Labute approximate surface area is 137 Å². The van der Waals surface area contributed by atoms with E-state index < -0.39 is 0 Å². The van der Waals surface area contributed by atoms with E-state index in [9.17, 15) is 4.79 Å². The molecule has 0 aromatic heterocycles. The molecule has 1 atom stereocenters. The van der Waals surface area contributed by atoms with Crippen molar-refractivity contribution in [3.8, 4) is 5.75 Å². The van der Waals surface area contributed by atoms with Gasteiger partial charge in [-0.3, -0.25) is 0 Å². The molecule has 122 valence electrons. The van der Waals surface area contributed by atoms with Crippen molar-refractivity contribution in [2.24, 2.45) is 5.92 Å². The number of carbonyl (C=O) groups is 1. The van der Waals surface area contributed by atoms with Crippen LogP contribution < -0.4 is 10.1 Å². The largest absolute Gasteiger partial charge is 0.497 e. The van der Waals surface area contributed by atoms with E-state index in [0.717, 1.165) is 23.3 Å². The number of ether oxygens (including phenoxy) is 2. The predicted octanol–water partition coefficient (Wildman–Crippen LogP) is 3.53. The van der Waals surface area contributed by atoms with Crippen LogP contribution >= 0.6 is 0 Å². The molecule has 1 N–H and O–H groups in total. The molecule has 0 aliphatic heterocycles. The fourth-order valence-corrected chi connectivity index (χ4v) is 2.17. The molecule has 0 aliphatic rings. The topological polar surface area (TPSA) is 47.6 Å². The summed E-state index contributed by atoms with van der Waals surface area (Å²) in [7, 11) is 1.64. The first-order valence-corrected chi connectivity index (χ1v) is 7.76. The van der Waals surface area contributed by atoms with Gasteiger partial charge in [0.25, 0.3) is 0 Å². The van der Waals surface area contributed by atoms with Crippen molar-refractivity contribution in [2.75, 3.05) is 25.6 Å². The van der Waals surface area contributed by atoms with Gasteiger partial charge < -0.3 is 19.6 Å². The van der Waals surface area contributed by atoms with Crippen LogP contribution in [0.15, 0.2) is 54.6 Å². The third-order valence-electron chi connectivity index (χ3n) is 3.60. The standard InChI is InChI=1S/C19H23NO3/c1-22-19-9-7-18(8-10-19)20-13-17(14-21)11-12-23-15-16-5-3-2-4-6-16/h2-10,14,17,20H,11-13,15H2,1H3/t17-/m0/s1. The molecule has 0 unspecified atom stereocenters. The van der Waals surface area contributed by atoms with Crippen LogP contribution in [0, 0.1) is 5.92 Å². The zero-order valence-corrected chi connectivity index (χ0v) is 13.4. The molecule has 2 rings (SSSR count). The van der Waals surface area contributed by atoms with E-state index in [-0.39, 0.29) is 5.92 Å². The highest BCUT2D eigenvalue weighted by atomic mass is 16.5. The molecule has 0 amide bonds. The fourth-order valence-electron chi connectivity index (χ4n) is 2.17. The molecule has 0 heterocycles. The summed E-state index contributed by atoms with van der Waals surface area (Å²) in [4.78, 5) is 11.2. The summed E-state index contributed by atoms with van der Waals surface area (Å²) in [5.74, 6) is 0.754. The Morgan fingerprint density at radius 3 is 2.48 bits per heavy atom. The van der Waals surface area contributed by atoms with Crippen LogP contribution in [0.1, 0.15) is 12.0 Å². The minimum absolute atomic E-state index is 0.0622. The van der Waals surface area contributed by atoms with Crippen LogP contribution in [-0.2, 0) is 16.1 Å². The van der Waals surface area contributed by atoms with Gasteiger partial charge in [0.1, 0.15) is 12.0 Å². The van der Waals surface area contributed by atoms with Gasteiger partial charge in [-0.2, -0.15) is 0 Å². The van der Waals surface area contributed by atoms with Gasteiger partial charge in [-0.15, -0.1) is 0 Å². The number of hydrogen-bond acceptors (Lipinski definition) is 4. The SMILES string of the molecule is COc1ccc(NC[C@@H](C=O)CCOCc2ccccc2)cc1. The van der Waals surface area contributed by atoms with E-state index in [1.807, 2.05) is 54.6 Å². The van der Waals surface area contributed by atoms with Gasteiger partial charge in [-0.25, -0.2) is 0 Å². The molecule has 0 aliphatic carbocycles. The lowest BCUT2D eigenvalue weighted by Crippen LogP contribution is -2.17. The maximum Gasteiger partial charge on any atom is 0.124 e. The van der Waals surface area contributed by atoms with Crippen LogP contribution in [-0.4, -0.2) is 26.5 Å². The maximum absolute atomic E-state index is 11.2. The number of benzene rings is 2. The highest BCUT2D eigenvalue weighted by Crippen LogP contribution is 2.15. The van der Waals surface area contributed by atoms with Crippen LogP contribution in [0.5, 0.6) is 5.75 Å². The van der Waals surface area contributed by atoms with Crippen LogP contribution in [0.2, 0.25) is 0 Å². The van der Waals surface area contributed by atoms with Gasteiger partial charge in [-0.05, 0) is 36.2 Å². The average molecular weight is 313 g/mol. The van der Waals surface area contributed by atoms with E-state index in [0.29, 0.717) is 26.2 Å². The van der Waals surface area contributed by atoms with E-state index >= 15 is 0 Å². The molecule has 4 nitrogen and oxygen atoms in total. The summed E-state index contributed by atoms with van der Waals surface area (Å²) in [5, 5.41) is 3.26. The Balaban J connectivity index is 1.67. The second kappa shape index (κ2) is 9.64. The van der Waals surface area contributed by atoms with Crippen molar-refractivity contribution in [2.45, 2.75) is 13.0 Å². The Morgan fingerprint density at radius 1 is 1.09 bits per heavy atom. The van der Waals surface area contributed by atoms with Gasteiger partial charge in [0.15, 0.2) is 0 Å². The smallest absolute Gasteiger partial charge is 0.124 e. The minimum atomic E-state index is -0.0622. The van der Waals surface area contributed by atoms with Crippen LogP contribution in [0.4, 0.5) is 5.69 Å². The number of anilines is 1. The van der Waals surface area contributed by atoms with Gasteiger partial charge >= 0.3 is 0 Å². The van der Waals surface area contributed by atoms with Gasteiger partial charge in [0.2, 0.25) is 0 Å². The average Bonchev–Trinajstić information content (AvgIpc) is 2.62. The maximum atomic E-state index is 11.2. The second-order valence-electron chi connectivity index (χ2n) is 5.33. The first kappa shape index (κ1) is 17.0. The lowest BCUT2D eigenvalue weighted by Gasteiger charge is -2.13. The van der Waals surface area contributed by atoms with Gasteiger partial charge in [0.05, 0.1) is 13.7 Å². The monoisotopic (exact) mass is 313 g/mol. The van der Waals surface area contributed by atoms with Crippen LogP contribution in [0.3, 0.4) is 0 Å². The number of nitrogens with one attached hydrogen (secondary N) is 1. The molecule has 23 heavy (non-hydrogen) atoms. The molecule has 2 aromatic carbocycles. The molecule has 4 heteroatoms. The van der Waals surface area contributed by atoms with E-state index in [2.05, 4.69) is 5.32 Å². The molecule has 2 aromatic rings. The first-order chi connectivity index (χ1) is 11.3. The molecular weight excluding hydrogens is 290 g/mol. The van der Waals surface area contributed by atoms with Crippen LogP contribution in [0.25, 0.3) is 0 Å². The molecule has 0 bridgehead atoms. The number of methoxy groups -OCH3 is 1. The quantitative estimate of drug-likeness (QED) is 0.538. The summed E-state index contributed by atoms with van der Waals surface area (Å²) >= 11 is 0. The predicted molar refractivity (Wildman–Crippen MR) is 91.8 cm³/mol. The highest BCUT2D eigenvalue weighted by molar-refractivity contribution is 5.55. The van der Waals surface area contributed by atoms with Crippen molar-refractivity contribution in [3.05, 3.63) is 60.2 Å². The number of hydrogen-bond donors (Lipinski definition) is 1. The fraction of sp³-hybridized carbons (Fsp3) is 0.316. The van der Waals surface area contributed by atoms with Gasteiger partial charge in [-0.1, -0.05) is 30.3 Å². The Morgan fingerprint density at radius 2 is 1.83 bits per heavy atom. The van der Waals surface area contributed by atoms with Gasteiger partial charge in [0, 0.05) is 24.8 Å². The second-order valence-corrected chi connectivity index (χ2v) is 5.33. The van der Waals surface area contributed by atoms with Crippen molar-refractivity contribution in [1.29, 1.82) is 0 Å². The molecule has 0 spiro atoms. The summed E-state index contributed by atoms with van der Waals surface area (Å²) in [6, 6.07) is 17.7. The molecular formula is C19H23NO3. The summed E-state index contributed by atoms with van der Waals surface area (Å²) < 4.78 is 10.7. The number of rotatable bonds is 10. The Hall–Kier alpha value is -2.33. The minimum Gasteiger partial charge on any atom is -0.497 e. The number of aldehydes is 1. The summed E-state index contributed by atoms with van der Waals surface area (Å²) in [6.07, 6.45) is 1.70. The Kier molecular flexibility index (Phi) is 7.14. The van der Waals surface area contributed by atoms with E-state index in [4.69, 9.17) is 9.47 Å². The Bertz CT molecular complexity index is 569. The summed E-state index contributed by atoms with van der Waals surface area (Å²) in [5.41, 5.74) is 2.12. The van der Waals surface area contributed by atoms with Crippen molar-refractivity contribution in [1.82, 2.24) is 0 Å². The lowest BCUT2D eigenvalue weighted by atomic mass is 10.1. The van der Waals surface area contributed by atoms with Crippen molar-refractivity contribution < 1.29 is 14.3 Å². The molecule has 0 radical (unpaired) electrons. The van der Waals surface area contributed by atoms with E-state index in [1.165, 1.54) is 0 Å². The molecule has 0 saturated heterocycles. The number of carbonyl (C=O) groups excluding carboxylic acids is 1.